The lowest BCUT2D eigenvalue weighted by Crippen LogP contribution is -2.03. The molecule has 0 spiro atoms. The molecule has 0 amide bonds. The molecule has 106 valence electrons. The van der Waals surface area contributed by atoms with E-state index in [0.717, 1.165) is 5.56 Å². The van der Waals surface area contributed by atoms with E-state index < -0.39 is 0 Å². The number of benzene rings is 2. The van der Waals surface area contributed by atoms with E-state index in [0.29, 0.717) is 28.3 Å². The molecule has 0 heterocycles. The molecule has 0 atom stereocenters. The molecule has 0 radical (unpaired) electrons. The molecule has 0 aromatic heterocycles. The third-order valence-electron chi connectivity index (χ3n) is 3.14. The van der Waals surface area contributed by atoms with Gasteiger partial charge in [-0.2, -0.15) is 5.26 Å². The average Bonchev–Trinajstić information content (AvgIpc) is 2.55. The van der Waals surface area contributed by atoms with Gasteiger partial charge in [-0.15, -0.1) is 0 Å². The summed E-state index contributed by atoms with van der Waals surface area (Å²) in [5.74, 6) is 1.25. The fourth-order valence-electron chi connectivity index (χ4n) is 2.04. The zero-order valence-electron chi connectivity index (χ0n) is 12.0. The third-order valence-corrected chi connectivity index (χ3v) is 3.14. The van der Waals surface area contributed by atoms with E-state index in [1.54, 1.807) is 32.4 Å². The average molecular weight is 280 g/mol. The number of ether oxygens (including phenoxy) is 2. The van der Waals surface area contributed by atoms with Crippen LogP contribution in [-0.4, -0.2) is 14.2 Å². The maximum absolute atomic E-state index is 9.44. The van der Waals surface area contributed by atoms with Crippen LogP contribution in [0.4, 0.5) is 0 Å². The highest BCUT2D eigenvalue weighted by molar-refractivity contribution is 5.97. The van der Waals surface area contributed by atoms with Crippen molar-refractivity contribution in [2.45, 2.75) is 0 Å². The summed E-state index contributed by atoms with van der Waals surface area (Å²) in [6.45, 7) is 0. The summed E-state index contributed by atoms with van der Waals surface area (Å²) in [7, 11) is 3.14. The summed E-state index contributed by atoms with van der Waals surface area (Å²) in [5, 5.41) is 9.44. The molecule has 0 bridgehead atoms. The Kier molecular flexibility index (Phi) is 4.47. The van der Waals surface area contributed by atoms with Gasteiger partial charge in [0.15, 0.2) is 0 Å². The van der Waals surface area contributed by atoms with Crippen LogP contribution in [0, 0.1) is 11.3 Å². The molecule has 2 aromatic rings. The lowest BCUT2D eigenvalue weighted by Gasteiger charge is -2.12. The van der Waals surface area contributed by atoms with Gasteiger partial charge in [-0.25, -0.2) is 0 Å². The van der Waals surface area contributed by atoms with Gasteiger partial charge in [-0.05, 0) is 23.8 Å². The van der Waals surface area contributed by atoms with Crippen molar-refractivity contribution in [3.05, 3.63) is 59.7 Å². The maximum atomic E-state index is 9.44. The molecule has 0 aliphatic carbocycles. The van der Waals surface area contributed by atoms with Crippen molar-refractivity contribution in [3.8, 4) is 17.6 Å². The minimum absolute atomic E-state index is 0.361. The highest BCUT2D eigenvalue weighted by Gasteiger charge is 2.13. The van der Waals surface area contributed by atoms with Crippen LogP contribution in [0.1, 0.15) is 11.1 Å². The number of hydrogen-bond donors (Lipinski definition) is 1. The van der Waals surface area contributed by atoms with Crippen LogP contribution in [0.2, 0.25) is 0 Å². The molecule has 0 aliphatic rings. The van der Waals surface area contributed by atoms with Crippen molar-refractivity contribution in [1.82, 2.24) is 0 Å². The first-order valence-corrected chi connectivity index (χ1v) is 6.39. The van der Waals surface area contributed by atoms with Gasteiger partial charge >= 0.3 is 0 Å². The molecule has 0 aliphatic heterocycles. The topological polar surface area (TPSA) is 68.3 Å². The Morgan fingerprint density at radius 2 is 1.76 bits per heavy atom. The smallest absolute Gasteiger partial charge is 0.128 e. The van der Waals surface area contributed by atoms with E-state index >= 15 is 0 Å². The van der Waals surface area contributed by atoms with Gasteiger partial charge in [0, 0.05) is 5.56 Å². The summed E-state index contributed by atoms with van der Waals surface area (Å²) in [4.78, 5) is 0. The number of nitrogens with two attached hydrogens (primary N) is 1. The summed E-state index contributed by atoms with van der Waals surface area (Å²) in [6.07, 6.45) is 0. The maximum Gasteiger partial charge on any atom is 0.128 e. The Morgan fingerprint density at radius 1 is 1.05 bits per heavy atom. The lowest BCUT2D eigenvalue weighted by atomic mass is 10.00. The third kappa shape index (κ3) is 2.98. The van der Waals surface area contributed by atoms with Crippen LogP contribution in [0.3, 0.4) is 0 Å². The van der Waals surface area contributed by atoms with Crippen LogP contribution in [0.5, 0.6) is 11.5 Å². The van der Waals surface area contributed by atoms with E-state index in [2.05, 4.69) is 6.07 Å². The molecule has 4 heteroatoms. The quantitative estimate of drug-likeness (QED) is 0.690. The fraction of sp³-hybridized carbons (Fsp3) is 0.118. The van der Waals surface area contributed by atoms with Gasteiger partial charge in [0.05, 0.1) is 25.5 Å². The number of rotatable bonds is 4. The Morgan fingerprint density at radius 3 is 2.33 bits per heavy atom. The molecule has 2 N–H and O–H groups in total. The van der Waals surface area contributed by atoms with E-state index in [1.165, 1.54) is 0 Å². The van der Waals surface area contributed by atoms with Crippen molar-refractivity contribution in [3.63, 3.8) is 0 Å². The predicted molar refractivity (Wildman–Crippen MR) is 82.6 cm³/mol. The normalized spacial score (nSPS) is 11.3. The van der Waals surface area contributed by atoms with E-state index in [4.69, 9.17) is 15.2 Å². The number of methoxy groups -OCH3 is 2. The van der Waals surface area contributed by atoms with Crippen molar-refractivity contribution >= 4 is 11.3 Å². The largest absolute Gasteiger partial charge is 0.497 e. The van der Waals surface area contributed by atoms with Crippen LogP contribution >= 0.6 is 0 Å². The molecule has 21 heavy (non-hydrogen) atoms. The molecule has 0 fully saturated rings. The highest BCUT2D eigenvalue weighted by Crippen LogP contribution is 2.31. The van der Waals surface area contributed by atoms with Crippen LogP contribution < -0.4 is 15.2 Å². The van der Waals surface area contributed by atoms with Gasteiger partial charge in [-0.1, -0.05) is 30.3 Å². The van der Waals surface area contributed by atoms with E-state index in [9.17, 15) is 5.26 Å². The minimum Gasteiger partial charge on any atom is -0.497 e. The first-order chi connectivity index (χ1) is 10.2. The van der Waals surface area contributed by atoms with Crippen LogP contribution in [0.15, 0.2) is 48.5 Å². The summed E-state index contributed by atoms with van der Waals surface area (Å²) in [6, 6.07) is 16.8. The summed E-state index contributed by atoms with van der Waals surface area (Å²) < 4.78 is 10.5. The molecular weight excluding hydrogens is 264 g/mol. The zero-order valence-corrected chi connectivity index (χ0v) is 12.0. The second-order valence-corrected chi connectivity index (χ2v) is 4.33. The second-order valence-electron chi connectivity index (χ2n) is 4.33. The standard InChI is InChI=1S/C17H16N2O2/c1-20-13-8-9-16(21-2)14(10-13)17(19)15(11-18)12-6-4-3-5-7-12/h3-10H,19H2,1-2H3/b17-15+. The molecular formula is C17H16N2O2. The van der Waals surface area contributed by atoms with Crippen molar-refractivity contribution in [2.75, 3.05) is 14.2 Å². The Hall–Kier alpha value is -2.93. The summed E-state index contributed by atoms with van der Waals surface area (Å²) in [5.41, 5.74) is 8.37. The van der Waals surface area contributed by atoms with Crippen molar-refractivity contribution in [1.29, 1.82) is 5.26 Å². The Balaban J connectivity index is 2.63. The predicted octanol–water partition coefficient (Wildman–Crippen LogP) is 3.05. The van der Waals surface area contributed by atoms with E-state index in [-0.39, 0.29) is 0 Å². The molecule has 2 aromatic carbocycles. The lowest BCUT2D eigenvalue weighted by molar-refractivity contribution is 0.402. The fourth-order valence-corrected chi connectivity index (χ4v) is 2.04. The van der Waals surface area contributed by atoms with Gasteiger partial charge < -0.3 is 15.2 Å². The Labute approximate surface area is 124 Å². The van der Waals surface area contributed by atoms with Crippen LogP contribution in [0.25, 0.3) is 11.3 Å². The number of hydrogen-bond acceptors (Lipinski definition) is 4. The number of nitrogens with zero attached hydrogens (tertiary/aromatic N) is 1. The first-order valence-electron chi connectivity index (χ1n) is 6.39. The zero-order chi connectivity index (χ0) is 15.2. The van der Waals surface area contributed by atoms with Gasteiger partial charge in [0.1, 0.15) is 17.6 Å². The Bertz CT molecular complexity index is 700. The monoisotopic (exact) mass is 280 g/mol. The molecule has 0 saturated carbocycles. The minimum atomic E-state index is 0.361. The molecule has 4 nitrogen and oxygen atoms in total. The second kappa shape index (κ2) is 6.49. The van der Waals surface area contributed by atoms with Crippen molar-refractivity contribution in [2.24, 2.45) is 5.73 Å². The first kappa shape index (κ1) is 14.5. The molecule has 0 saturated heterocycles. The molecule has 0 unspecified atom stereocenters. The van der Waals surface area contributed by atoms with Crippen LogP contribution in [-0.2, 0) is 0 Å². The van der Waals surface area contributed by atoms with E-state index in [1.807, 2.05) is 30.3 Å². The SMILES string of the molecule is COc1ccc(OC)c(/C(N)=C(/C#N)c2ccccc2)c1. The number of nitriles is 1. The van der Waals surface area contributed by atoms with Crippen molar-refractivity contribution < 1.29 is 9.47 Å². The van der Waals surface area contributed by atoms with Gasteiger partial charge in [-0.3, -0.25) is 0 Å². The van der Waals surface area contributed by atoms with Gasteiger partial charge in [0.2, 0.25) is 0 Å². The number of allylic oxidation sites excluding steroid dienone is 1. The molecule has 2 rings (SSSR count). The highest BCUT2D eigenvalue weighted by atomic mass is 16.5. The summed E-state index contributed by atoms with van der Waals surface area (Å²) >= 11 is 0. The van der Waals surface area contributed by atoms with Gasteiger partial charge in [0.25, 0.3) is 0 Å².